The third-order valence-electron chi connectivity index (χ3n) is 2.65. The predicted octanol–water partition coefficient (Wildman–Crippen LogP) is 4.62. The van der Waals surface area contributed by atoms with Crippen molar-refractivity contribution in [2.24, 2.45) is 0 Å². The van der Waals surface area contributed by atoms with E-state index in [0.29, 0.717) is 0 Å². The molecule has 0 atom stereocenters. The summed E-state index contributed by atoms with van der Waals surface area (Å²) in [5.74, 6) is -0.234. The quantitative estimate of drug-likeness (QED) is 0.651. The SMILES string of the molecule is Fc1cccc(-c2csc(-c3ccccc3)n2)c1. The first-order chi connectivity index (χ1) is 8.83. The second kappa shape index (κ2) is 4.70. The molecule has 0 amide bonds. The van der Waals surface area contributed by atoms with Crippen LogP contribution in [0.25, 0.3) is 21.8 Å². The van der Waals surface area contributed by atoms with Gasteiger partial charge in [-0.15, -0.1) is 11.3 Å². The molecule has 1 nitrogen and oxygen atoms in total. The van der Waals surface area contributed by atoms with Crippen LogP contribution in [-0.2, 0) is 0 Å². The van der Waals surface area contributed by atoms with Crippen LogP contribution < -0.4 is 0 Å². The van der Waals surface area contributed by atoms with Crippen LogP contribution in [0.1, 0.15) is 0 Å². The highest BCUT2D eigenvalue weighted by molar-refractivity contribution is 7.13. The van der Waals surface area contributed by atoms with Crippen molar-refractivity contribution in [2.75, 3.05) is 0 Å². The van der Waals surface area contributed by atoms with Gasteiger partial charge in [-0.3, -0.25) is 0 Å². The summed E-state index contributed by atoms with van der Waals surface area (Å²) in [6.45, 7) is 0. The van der Waals surface area contributed by atoms with E-state index < -0.39 is 0 Å². The van der Waals surface area contributed by atoms with E-state index in [4.69, 9.17) is 0 Å². The van der Waals surface area contributed by atoms with Crippen molar-refractivity contribution >= 4 is 11.3 Å². The first-order valence-electron chi connectivity index (χ1n) is 5.60. The fourth-order valence-electron chi connectivity index (χ4n) is 1.77. The Morgan fingerprint density at radius 2 is 1.67 bits per heavy atom. The lowest BCUT2D eigenvalue weighted by molar-refractivity contribution is 0.628. The van der Waals surface area contributed by atoms with E-state index in [1.165, 1.54) is 12.1 Å². The normalized spacial score (nSPS) is 10.5. The summed E-state index contributed by atoms with van der Waals surface area (Å²) in [6, 6.07) is 16.5. The summed E-state index contributed by atoms with van der Waals surface area (Å²) in [5.41, 5.74) is 2.72. The molecule has 0 fully saturated rings. The second-order valence-corrected chi connectivity index (χ2v) is 4.77. The number of nitrogens with zero attached hydrogens (tertiary/aromatic N) is 1. The van der Waals surface area contributed by atoms with Gasteiger partial charge in [-0.1, -0.05) is 42.5 Å². The summed E-state index contributed by atoms with van der Waals surface area (Å²) in [5, 5.41) is 2.91. The zero-order valence-electron chi connectivity index (χ0n) is 9.51. The van der Waals surface area contributed by atoms with Crippen LogP contribution in [0.15, 0.2) is 60.0 Å². The van der Waals surface area contributed by atoms with Gasteiger partial charge in [0.15, 0.2) is 0 Å². The average molecular weight is 255 g/mol. The second-order valence-electron chi connectivity index (χ2n) is 3.91. The molecule has 3 rings (SSSR count). The first kappa shape index (κ1) is 11.1. The molecule has 0 saturated carbocycles. The van der Waals surface area contributed by atoms with Gasteiger partial charge in [0.1, 0.15) is 10.8 Å². The number of rotatable bonds is 2. The van der Waals surface area contributed by atoms with Crippen LogP contribution in [0.5, 0.6) is 0 Å². The number of halogens is 1. The minimum atomic E-state index is -0.234. The Kier molecular flexibility index (Phi) is 2.90. The minimum absolute atomic E-state index is 0.234. The molecule has 0 radical (unpaired) electrons. The number of hydrogen-bond acceptors (Lipinski definition) is 2. The first-order valence-corrected chi connectivity index (χ1v) is 6.48. The van der Waals surface area contributed by atoms with Gasteiger partial charge in [0, 0.05) is 16.5 Å². The third-order valence-corrected chi connectivity index (χ3v) is 3.54. The molecule has 3 aromatic rings. The molecular weight excluding hydrogens is 245 g/mol. The summed E-state index contributed by atoms with van der Waals surface area (Å²) in [7, 11) is 0. The van der Waals surface area contributed by atoms with Crippen molar-refractivity contribution in [3.63, 3.8) is 0 Å². The van der Waals surface area contributed by atoms with Crippen LogP contribution in [0, 0.1) is 5.82 Å². The smallest absolute Gasteiger partial charge is 0.124 e. The van der Waals surface area contributed by atoms with Crippen molar-refractivity contribution in [1.29, 1.82) is 0 Å². The molecule has 0 spiro atoms. The lowest BCUT2D eigenvalue weighted by Crippen LogP contribution is -1.80. The number of thiazole rings is 1. The molecule has 0 N–H and O–H groups in total. The van der Waals surface area contributed by atoms with Gasteiger partial charge in [0.25, 0.3) is 0 Å². The lowest BCUT2D eigenvalue weighted by atomic mass is 10.2. The molecule has 0 aliphatic heterocycles. The van der Waals surface area contributed by atoms with Gasteiger partial charge < -0.3 is 0 Å². The minimum Gasteiger partial charge on any atom is -0.236 e. The fraction of sp³-hybridized carbons (Fsp3) is 0. The highest BCUT2D eigenvalue weighted by Crippen LogP contribution is 2.28. The van der Waals surface area contributed by atoms with Crippen molar-refractivity contribution in [3.8, 4) is 21.8 Å². The van der Waals surface area contributed by atoms with Crippen molar-refractivity contribution in [3.05, 3.63) is 65.8 Å². The van der Waals surface area contributed by atoms with Crippen LogP contribution in [0.3, 0.4) is 0 Å². The zero-order valence-corrected chi connectivity index (χ0v) is 10.3. The van der Waals surface area contributed by atoms with Crippen LogP contribution in [0.2, 0.25) is 0 Å². The molecule has 1 aromatic heterocycles. The van der Waals surface area contributed by atoms with E-state index >= 15 is 0 Å². The van der Waals surface area contributed by atoms with Crippen LogP contribution in [-0.4, -0.2) is 4.98 Å². The molecule has 88 valence electrons. The van der Waals surface area contributed by atoms with Crippen LogP contribution in [0.4, 0.5) is 4.39 Å². The molecule has 0 unspecified atom stereocenters. The third kappa shape index (κ3) is 2.17. The highest BCUT2D eigenvalue weighted by atomic mass is 32.1. The Morgan fingerprint density at radius 3 is 2.44 bits per heavy atom. The monoisotopic (exact) mass is 255 g/mol. The van der Waals surface area contributed by atoms with E-state index in [9.17, 15) is 4.39 Å². The maximum absolute atomic E-state index is 13.2. The number of hydrogen-bond donors (Lipinski definition) is 0. The molecular formula is C15H10FNS. The largest absolute Gasteiger partial charge is 0.236 e. The van der Waals surface area contributed by atoms with Gasteiger partial charge in [-0.05, 0) is 12.1 Å². The highest BCUT2D eigenvalue weighted by Gasteiger charge is 2.06. The molecule has 0 aliphatic rings. The molecule has 2 aromatic carbocycles. The summed E-state index contributed by atoms with van der Waals surface area (Å²) < 4.78 is 13.2. The average Bonchev–Trinajstić information content (AvgIpc) is 2.89. The Hall–Kier alpha value is -2.00. The van der Waals surface area contributed by atoms with Gasteiger partial charge in [-0.2, -0.15) is 0 Å². The van der Waals surface area contributed by atoms with Gasteiger partial charge in [0.05, 0.1) is 5.69 Å². The van der Waals surface area contributed by atoms with Gasteiger partial charge in [0.2, 0.25) is 0 Å². The Bertz CT molecular complexity index is 661. The molecule has 0 saturated heterocycles. The molecule has 1 heterocycles. The van der Waals surface area contributed by atoms with E-state index in [1.807, 2.05) is 41.8 Å². The number of aromatic nitrogens is 1. The Morgan fingerprint density at radius 1 is 0.889 bits per heavy atom. The van der Waals surface area contributed by atoms with Gasteiger partial charge in [-0.25, -0.2) is 9.37 Å². The standard InChI is InChI=1S/C15H10FNS/c16-13-8-4-7-12(9-13)14-10-18-15(17-14)11-5-2-1-3-6-11/h1-10H. The fourth-order valence-corrected chi connectivity index (χ4v) is 2.60. The molecule has 3 heteroatoms. The van der Waals surface area contributed by atoms with E-state index in [1.54, 1.807) is 17.4 Å². The lowest BCUT2D eigenvalue weighted by Gasteiger charge is -1.96. The zero-order chi connectivity index (χ0) is 12.4. The van der Waals surface area contributed by atoms with E-state index in [2.05, 4.69) is 4.98 Å². The molecule has 0 bridgehead atoms. The van der Waals surface area contributed by atoms with E-state index in [-0.39, 0.29) is 5.82 Å². The van der Waals surface area contributed by atoms with Crippen molar-refractivity contribution in [2.45, 2.75) is 0 Å². The van der Waals surface area contributed by atoms with Crippen molar-refractivity contribution < 1.29 is 4.39 Å². The van der Waals surface area contributed by atoms with Gasteiger partial charge >= 0.3 is 0 Å². The maximum atomic E-state index is 13.2. The molecule has 18 heavy (non-hydrogen) atoms. The maximum Gasteiger partial charge on any atom is 0.124 e. The summed E-state index contributed by atoms with van der Waals surface area (Å²) in [4.78, 5) is 4.54. The summed E-state index contributed by atoms with van der Waals surface area (Å²) in [6.07, 6.45) is 0. The Balaban J connectivity index is 2.00. The van der Waals surface area contributed by atoms with Crippen LogP contribution >= 0.6 is 11.3 Å². The molecule has 0 aliphatic carbocycles. The predicted molar refractivity (Wildman–Crippen MR) is 72.9 cm³/mol. The van der Waals surface area contributed by atoms with E-state index in [0.717, 1.165) is 21.8 Å². The Labute approximate surface area is 109 Å². The summed E-state index contributed by atoms with van der Waals surface area (Å²) >= 11 is 1.57. The van der Waals surface area contributed by atoms with Crippen molar-refractivity contribution in [1.82, 2.24) is 4.98 Å². The topological polar surface area (TPSA) is 12.9 Å². The number of benzene rings is 2.